The molecule has 30 heavy (non-hydrogen) atoms. The molecule has 1 aliphatic rings. The van der Waals surface area contributed by atoms with Crippen LogP contribution in [-0.4, -0.2) is 37.5 Å². The van der Waals surface area contributed by atoms with Gasteiger partial charge in [-0.3, -0.25) is 14.4 Å². The predicted molar refractivity (Wildman–Crippen MR) is 109 cm³/mol. The Hall–Kier alpha value is -3.86. The van der Waals surface area contributed by atoms with E-state index in [1.165, 1.54) is 18.9 Å². The van der Waals surface area contributed by atoms with Crippen LogP contribution in [-0.2, 0) is 19.1 Å². The van der Waals surface area contributed by atoms with Crippen molar-refractivity contribution in [3.8, 4) is 11.8 Å². The minimum Gasteiger partial charge on any atom is -0.495 e. The van der Waals surface area contributed by atoms with Crippen molar-refractivity contribution in [2.24, 2.45) is 5.92 Å². The second-order valence-corrected chi connectivity index (χ2v) is 6.83. The fraction of sp³-hybridized carbons (Fsp3) is 0.273. The number of hydrogen-bond acceptors (Lipinski definition) is 6. The van der Waals surface area contributed by atoms with Crippen LogP contribution < -0.4 is 15.0 Å². The highest BCUT2D eigenvalue weighted by Gasteiger charge is 2.38. The summed E-state index contributed by atoms with van der Waals surface area (Å²) >= 11 is 0. The number of carbonyl (C=O) groups is 3. The van der Waals surface area contributed by atoms with Crippen LogP contribution in [0.5, 0.6) is 5.75 Å². The van der Waals surface area contributed by atoms with Crippen LogP contribution >= 0.6 is 0 Å². The van der Waals surface area contributed by atoms with Crippen molar-refractivity contribution in [3.05, 3.63) is 54.1 Å². The molecule has 2 aromatic rings. The molecule has 2 unspecified atom stereocenters. The molecule has 0 aliphatic carbocycles. The predicted octanol–water partition coefficient (Wildman–Crippen LogP) is 2.49. The van der Waals surface area contributed by atoms with Gasteiger partial charge in [-0.05, 0) is 43.3 Å². The molecule has 1 N–H and O–H groups in total. The van der Waals surface area contributed by atoms with Gasteiger partial charge in [0.05, 0.1) is 30.3 Å². The van der Waals surface area contributed by atoms with E-state index in [4.69, 9.17) is 14.7 Å². The third kappa shape index (κ3) is 4.58. The van der Waals surface area contributed by atoms with Crippen molar-refractivity contribution >= 4 is 29.2 Å². The first kappa shape index (κ1) is 20.9. The molecule has 0 aromatic heterocycles. The molecule has 1 fully saturated rings. The molecule has 1 saturated heterocycles. The highest BCUT2D eigenvalue weighted by atomic mass is 16.5. The smallest absolute Gasteiger partial charge is 0.312 e. The number of nitrogens with zero attached hydrogens (tertiary/aromatic N) is 2. The van der Waals surface area contributed by atoms with Crippen molar-refractivity contribution in [3.63, 3.8) is 0 Å². The number of rotatable bonds is 6. The standard InChI is InChI=1S/C22H21N3O5/c1-14(21(27)24-17-9-7-15(12-23)8-10-17)30-22(28)16-11-20(26)25(13-16)18-5-3-4-6-19(18)29-2/h3-10,14,16H,11,13H2,1-2H3,(H,24,27). The van der Waals surface area contributed by atoms with Gasteiger partial charge in [-0.15, -0.1) is 0 Å². The normalized spacial score (nSPS) is 16.5. The SMILES string of the molecule is COc1ccccc1N1CC(C(=O)OC(C)C(=O)Nc2ccc(C#N)cc2)CC1=O. The summed E-state index contributed by atoms with van der Waals surface area (Å²) in [5, 5.41) is 11.4. The number of benzene rings is 2. The molecule has 8 nitrogen and oxygen atoms in total. The zero-order chi connectivity index (χ0) is 21.7. The average molecular weight is 407 g/mol. The zero-order valence-corrected chi connectivity index (χ0v) is 16.6. The molecule has 2 amide bonds. The maximum atomic E-state index is 12.5. The summed E-state index contributed by atoms with van der Waals surface area (Å²) in [6.07, 6.45) is -1.04. The van der Waals surface area contributed by atoms with E-state index in [0.29, 0.717) is 22.7 Å². The molecule has 2 atom stereocenters. The second-order valence-electron chi connectivity index (χ2n) is 6.83. The molecule has 0 spiro atoms. The number of anilines is 2. The van der Waals surface area contributed by atoms with Crippen LogP contribution in [0.3, 0.4) is 0 Å². The lowest BCUT2D eigenvalue weighted by molar-refractivity contribution is -0.157. The first-order valence-electron chi connectivity index (χ1n) is 9.38. The molecule has 2 aromatic carbocycles. The largest absolute Gasteiger partial charge is 0.495 e. The van der Waals surface area contributed by atoms with E-state index in [2.05, 4.69) is 5.32 Å². The van der Waals surface area contributed by atoms with Gasteiger partial charge in [-0.2, -0.15) is 5.26 Å². The number of hydrogen-bond donors (Lipinski definition) is 1. The molecule has 8 heteroatoms. The van der Waals surface area contributed by atoms with Crippen LogP contribution in [0.4, 0.5) is 11.4 Å². The second kappa shape index (κ2) is 9.09. The third-order valence-corrected chi connectivity index (χ3v) is 4.78. The van der Waals surface area contributed by atoms with Crippen LogP contribution in [0.15, 0.2) is 48.5 Å². The average Bonchev–Trinajstić information content (AvgIpc) is 3.15. The highest BCUT2D eigenvalue weighted by molar-refractivity contribution is 6.01. The third-order valence-electron chi connectivity index (χ3n) is 4.78. The zero-order valence-electron chi connectivity index (χ0n) is 16.6. The van der Waals surface area contributed by atoms with E-state index in [-0.39, 0.29) is 18.9 Å². The van der Waals surface area contributed by atoms with E-state index in [1.54, 1.807) is 48.5 Å². The Morgan fingerprint density at radius 2 is 1.90 bits per heavy atom. The first-order valence-corrected chi connectivity index (χ1v) is 9.38. The quantitative estimate of drug-likeness (QED) is 0.737. The molecule has 154 valence electrons. The summed E-state index contributed by atoms with van der Waals surface area (Å²) in [5.41, 5.74) is 1.55. The fourth-order valence-electron chi connectivity index (χ4n) is 3.15. The van der Waals surface area contributed by atoms with Gasteiger partial charge in [-0.1, -0.05) is 12.1 Å². The number of esters is 1. The Bertz CT molecular complexity index is 997. The van der Waals surface area contributed by atoms with Gasteiger partial charge in [-0.25, -0.2) is 0 Å². The molecule has 3 rings (SSSR count). The summed E-state index contributed by atoms with van der Waals surface area (Å²) in [6.45, 7) is 1.62. The summed E-state index contributed by atoms with van der Waals surface area (Å²) < 4.78 is 10.6. The van der Waals surface area contributed by atoms with E-state index in [9.17, 15) is 14.4 Å². The Balaban J connectivity index is 1.59. The van der Waals surface area contributed by atoms with Crippen molar-refractivity contribution in [1.29, 1.82) is 5.26 Å². The molecule has 0 saturated carbocycles. The van der Waals surface area contributed by atoms with Gasteiger partial charge < -0.3 is 19.7 Å². The minimum atomic E-state index is -1.04. The maximum Gasteiger partial charge on any atom is 0.312 e. The lowest BCUT2D eigenvalue weighted by Gasteiger charge is -2.20. The Kier molecular flexibility index (Phi) is 6.32. The Morgan fingerprint density at radius 1 is 1.20 bits per heavy atom. The lowest BCUT2D eigenvalue weighted by Crippen LogP contribution is -2.33. The van der Waals surface area contributed by atoms with Crippen LogP contribution in [0.1, 0.15) is 18.9 Å². The van der Waals surface area contributed by atoms with Crippen LogP contribution in [0.2, 0.25) is 0 Å². The summed E-state index contributed by atoms with van der Waals surface area (Å²) in [7, 11) is 1.51. The lowest BCUT2D eigenvalue weighted by atomic mass is 10.1. The number of amides is 2. The van der Waals surface area contributed by atoms with Crippen molar-refractivity contribution < 1.29 is 23.9 Å². The number of para-hydroxylation sites is 2. The minimum absolute atomic E-state index is 0.000836. The molecule has 0 radical (unpaired) electrons. The van der Waals surface area contributed by atoms with Gasteiger partial charge in [0, 0.05) is 18.7 Å². The molecule has 0 bridgehead atoms. The number of nitrogens with one attached hydrogen (secondary N) is 1. The van der Waals surface area contributed by atoms with Gasteiger partial charge in [0.15, 0.2) is 6.10 Å². The maximum absolute atomic E-state index is 12.5. The highest BCUT2D eigenvalue weighted by Crippen LogP contribution is 2.33. The van der Waals surface area contributed by atoms with E-state index >= 15 is 0 Å². The number of methoxy groups -OCH3 is 1. The first-order chi connectivity index (χ1) is 14.4. The fourth-order valence-corrected chi connectivity index (χ4v) is 3.15. The number of ether oxygens (including phenoxy) is 2. The van der Waals surface area contributed by atoms with Crippen molar-refractivity contribution in [2.75, 3.05) is 23.9 Å². The van der Waals surface area contributed by atoms with Crippen molar-refractivity contribution in [1.82, 2.24) is 0 Å². The summed E-state index contributed by atoms with van der Waals surface area (Å²) in [5.74, 6) is -1.46. The van der Waals surface area contributed by atoms with Gasteiger partial charge in [0.25, 0.3) is 5.91 Å². The van der Waals surface area contributed by atoms with Gasteiger partial charge in [0.1, 0.15) is 5.75 Å². The van der Waals surface area contributed by atoms with Gasteiger partial charge >= 0.3 is 5.97 Å². The topological polar surface area (TPSA) is 109 Å². The van der Waals surface area contributed by atoms with Crippen LogP contribution in [0, 0.1) is 17.2 Å². The van der Waals surface area contributed by atoms with Crippen LogP contribution in [0.25, 0.3) is 0 Å². The van der Waals surface area contributed by atoms with Gasteiger partial charge in [0.2, 0.25) is 5.91 Å². The summed E-state index contributed by atoms with van der Waals surface area (Å²) in [6, 6.07) is 15.4. The molecule has 1 heterocycles. The Morgan fingerprint density at radius 3 is 2.57 bits per heavy atom. The van der Waals surface area contributed by atoms with E-state index in [1.807, 2.05) is 6.07 Å². The summed E-state index contributed by atoms with van der Waals surface area (Å²) in [4.78, 5) is 38.8. The molecule has 1 aliphatic heterocycles. The number of carbonyl (C=O) groups excluding carboxylic acids is 3. The van der Waals surface area contributed by atoms with E-state index in [0.717, 1.165) is 0 Å². The molecular weight excluding hydrogens is 386 g/mol. The number of nitriles is 1. The van der Waals surface area contributed by atoms with E-state index < -0.39 is 23.9 Å². The monoisotopic (exact) mass is 407 g/mol. The van der Waals surface area contributed by atoms with Crippen molar-refractivity contribution in [2.45, 2.75) is 19.4 Å². The Labute approximate surface area is 174 Å². The molecular formula is C22H21N3O5.